The van der Waals surface area contributed by atoms with Crippen molar-refractivity contribution in [1.82, 2.24) is 4.90 Å². The Hall–Kier alpha value is -3.73. The van der Waals surface area contributed by atoms with E-state index in [2.05, 4.69) is 24.3 Å². The van der Waals surface area contributed by atoms with Crippen molar-refractivity contribution in [3.05, 3.63) is 107 Å². The van der Waals surface area contributed by atoms with E-state index in [9.17, 15) is 14.4 Å². The molecule has 4 aliphatic rings. The summed E-state index contributed by atoms with van der Waals surface area (Å²) in [5.41, 5.74) is 5.66. The van der Waals surface area contributed by atoms with E-state index in [1.165, 1.54) is 27.2 Å². The molecule has 1 fully saturated rings. The highest BCUT2D eigenvalue weighted by molar-refractivity contribution is 6.07. The van der Waals surface area contributed by atoms with E-state index in [0.717, 1.165) is 5.56 Å². The summed E-state index contributed by atoms with van der Waals surface area (Å²) in [5.74, 6) is -1.18. The van der Waals surface area contributed by atoms with E-state index in [-0.39, 0.29) is 54.5 Å². The molecule has 1 heterocycles. The van der Waals surface area contributed by atoms with Crippen molar-refractivity contribution in [2.24, 2.45) is 11.8 Å². The quantitative estimate of drug-likeness (QED) is 0.294. The highest BCUT2D eigenvalue weighted by Gasteiger charge is 2.61. The van der Waals surface area contributed by atoms with Gasteiger partial charge in [-0.15, -0.1) is 0 Å². The lowest BCUT2D eigenvalue weighted by atomic mass is 9.55. The molecular formula is C30H27NO4. The highest BCUT2D eigenvalue weighted by Crippen LogP contribution is 2.60. The van der Waals surface area contributed by atoms with Gasteiger partial charge in [-0.3, -0.25) is 19.3 Å². The van der Waals surface area contributed by atoms with Crippen LogP contribution in [0.4, 0.5) is 0 Å². The number of imide groups is 1. The fourth-order valence-electron chi connectivity index (χ4n) is 6.33. The molecule has 2 amide bonds. The molecular weight excluding hydrogens is 438 g/mol. The van der Waals surface area contributed by atoms with Crippen LogP contribution >= 0.6 is 0 Å². The van der Waals surface area contributed by atoms with E-state index in [0.29, 0.717) is 19.4 Å². The van der Waals surface area contributed by atoms with Crippen LogP contribution in [-0.2, 0) is 25.5 Å². The van der Waals surface area contributed by atoms with E-state index >= 15 is 0 Å². The van der Waals surface area contributed by atoms with Crippen LogP contribution in [0.15, 0.2) is 78.9 Å². The molecule has 176 valence electrons. The zero-order chi connectivity index (χ0) is 23.9. The molecule has 7 rings (SSSR count). The van der Waals surface area contributed by atoms with E-state index in [1.54, 1.807) is 0 Å². The standard InChI is InChI=1S/C30H27NO4/c32-24(18-19-10-2-1-3-11-19)35-17-9-8-16-31-29(33)27-25-20-12-4-5-13-21(20)26(28(27)30(31)34)23-15-7-6-14-22(23)25/h1-7,10-15,25-28H,8-9,16-18H2/t25?,26?,27-,28+. The van der Waals surface area contributed by atoms with Crippen LogP contribution in [0.5, 0.6) is 0 Å². The smallest absolute Gasteiger partial charge is 0.310 e. The van der Waals surface area contributed by atoms with Gasteiger partial charge in [-0.25, -0.2) is 0 Å². The SMILES string of the molecule is O=C(Cc1ccccc1)OCCCCN1C(=O)[C@@H]2C3c4ccccc4C(c4ccccc43)[C@@H]2C1=O. The zero-order valence-corrected chi connectivity index (χ0v) is 19.4. The Balaban J connectivity index is 1.12. The number of likely N-dealkylation sites (tertiary alicyclic amines) is 1. The monoisotopic (exact) mass is 465 g/mol. The van der Waals surface area contributed by atoms with Crippen LogP contribution < -0.4 is 0 Å². The highest BCUT2D eigenvalue weighted by atomic mass is 16.5. The van der Waals surface area contributed by atoms with Crippen LogP contribution in [0, 0.1) is 11.8 Å². The minimum atomic E-state index is -0.332. The molecule has 0 radical (unpaired) electrons. The fraction of sp³-hybridized carbons (Fsp3) is 0.300. The molecule has 0 unspecified atom stereocenters. The number of unbranched alkanes of at least 4 members (excludes halogenated alkanes) is 1. The molecule has 35 heavy (non-hydrogen) atoms. The topological polar surface area (TPSA) is 63.7 Å². The van der Waals surface area contributed by atoms with E-state index in [4.69, 9.17) is 4.74 Å². The molecule has 0 N–H and O–H groups in total. The molecule has 5 heteroatoms. The van der Waals surface area contributed by atoms with Crippen LogP contribution in [0.2, 0.25) is 0 Å². The Bertz CT molecular complexity index is 1180. The van der Waals surface area contributed by atoms with Crippen LogP contribution in [0.1, 0.15) is 52.5 Å². The summed E-state index contributed by atoms with van der Waals surface area (Å²) < 4.78 is 5.36. The van der Waals surface area contributed by atoms with E-state index in [1.807, 2.05) is 54.6 Å². The van der Waals surface area contributed by atoms with Crippen molar-refractivity contribution < 1.29 is 19.1 Å². The summed E-state index contributed by atoms with van der Waals surface area (Å²) in [6.07, 6.45) is 1.47. The van der Waals surface area contributed by atoms with Crippen molar-refractivity contribution in [2.75, 3.05) is 13.2 Å². The predicted octanol–water partition coefficient (Wildman–Crippen LogP) is 4.44. The van der Waals surface area contributed by atoms with Gasteiger partial charge in [0.2, 0.25) is 11.8 Å². The van der Waals surface area contributed by atoms with Gasteiger partial charge < -0.3 is 4.74 Å². The lowest BCUT2D eigenvalue weighted by molar-refractivity contribution is -0.144. The number of benzene rings is 3. The number of rotatable bonds is 7. The summed E-state index contributed by atoms with van der Waals surface area (Å²) in [6, 6.07) is 26.0. The molecule has 0 spiro atoms. The Morgan fingerprint density at radius 3 is 1.69 bits per heavy atom. The minimum Gasteiger partial charge on any atom is -0.465 e. The van der Waals surface area contributed by atoms with Crippen molar-refractivity contribution >= 4 is 17.8 Å². The zero-order valence-electron chi connectivity index (χ0n) is 19.4. The first kappa shape index (κ1) is 21.8. The number of nitrogens with zero attached hydrogens (tertiary/aromatic N) is 1. The van der Waals surface area contributed by atoms with Gasteiger partial charge in [0.15, 0.2) is 0 Å². The number of carbonyl (C=O) groups is 3. The second kappa shape index (κ2) is 8.81. The summed E-state index contributed by atoms with van der Waals surface area (Å²) in [7, 11) is 0. The van der Waals surface area contributed by atoms with Crippen LogP contribution in [-0.4, -0.2) is 35.8 Å². The van der Waals surface area contributed by atoms with Gasteiger partial charge in [0.05, 0.1) is 24.9 Å². The lowest BCUT2D eigenvalue weighted by Crippen LogP contribution is -2.41. The molecule has 1 saturated heterocycles. The predicted molar refractivity (Wildman–Crippen MR) is 131 cm³/mol. The molecule has 3 aromatic carbocycles. The third kappa shape index (κ3) is 3.57. The van der Waals surface area contributed by atoms with Gasteiger partial charge >= 0.3 is 5.97 Å². The Morgan fingerprint density at radius 1 is 0.686 bits per heavy atom. The van der Waals surface area contributed by atoms with Crippen molar-refractivity contribution in [2.45, 2.75) is 31.1 Å². The molecule has 5 nitrogen and oxygen atoms in total. The summed E-state index contributed by atoms with van der Waals surface area (Å²) in [5, 5.41) is 0. The number of hydrogen-bond donors (Lipinski definition) is 0. The van der Waals surface area contributed by atoms with Gasteiger partial charge in [0.1, 0.15) is 0 Å². The van der Waals surface area contributed by atoms with Gasteiger partial charge in [-0.05, 0) is 40.7 Å². The second-order valence-corrected chi connectivity index (χ2v) is 9.68. The van der Waals surface area contributed by atoms with Crippen molar-refractivity contribution in [3.8, 4) is 0 Å². The average Bonchev–Trinajstić information content (AvgIpc) is 3.14. The number of esters is 1. The molecule has 3 aromatic rings. The molecule has 0 aromatic heterocycles. The van der Waals surface area contributed by atoms with Gasteiger partial charge in [-0.2, -0.15) is 0 Å². The second-order valence-electron chi connectivity index (χ2n) is 9.68. The van der Waals surface area contributed by atoms with Crippen LogP contribution in [0.25, 0.3) is 0 Å². The Morgan fingerprint density at radius 2 is 1.17 bits per heavy atom. The first-order valence-electron chi connectivity index (χ1n) is 12.4. The third-order valence-corrected chi connectivity index (χ3v) is 7.77. The van der Waals surface area contributed by atoms with Crippen LogP contribution in [0.3, 0.4) is 0 Å². The van der Waals surface area contributed by atoms with Crippen molar-refractivity contribution in [3.63, 3.8) is 0 Å². The first-order valence-corrected chi connectivity index (χ1v) is 12.4. The summed E-state index contributed by atoms with van der Waals surface area (Å²) >= 11 is 0. The normalized spacial score (nSPS) is 23.6. The Kier molecular flexibility index (Phi) is 5.48. The Labute approximate surface area is 204 Å². The molecule has 3 aliphatic carbocycles. The molecule has 1 aliphatic heterocycles. The first-order chi connectivity index (χ1) is 17.1. The molecule has 2 atom stereocenters. The molecule has 2 bridgehead atoms. The lowest BCUT2D eigenvalue weighted by Gasteiger charge is -2.45. The fourth-order valence-corrected chi connectivity index (χ4v) is 6.33. The molecule has 0 saturated carbocycles. The maximum atomic E-state index is 13.6. The largest absolute Gasteiger partial charge is 0.465 e. The number of ether oxygens (including phenoxy) is 1. The third-order valence-electron chi connectivity index (χ3n) is 7.77. The number of amides is 2. The maximum absolute atomic E-state index is 13.6. The number of hydrogen-bond acceptors (Lipinski definition) is 4. The summed E-state index contributed by atoms with van der Waals surface area (Å²) in [4.78, 5) is 40.6. The maximum Gasteiger partial charge on any atom is 0.310 e. The minimum absolute atomic E-state index is 0.0555. The number of carbonyl (C=O) groups excluding carboxylic acids is 3. The van der Waals surface area contributed by atoms with Crippen molar-refractivity contribution in [1.29, 1.82) is 0 Å². The van der Waals surface area contributed by atoms with E-state index < -0.39 is 0 Å². The summed E-state index contributed by atoms with van der Waals surface area (Å²) in [6.45, 7) is 0.657. The average molecular weight is 466 g/mol. The van der Waals surface area contributed by atoms with Gasteiger partial charge in [0, 0.05) is 18.4 Å². The van der Waals surface area contributed by atoms with Gasteiger partial charge in [0.25, 0.3) is 0 Å². The van der Waals surface area contributed by atoms with Gasteiger partial charge in [-0.1, -0.05) is 78.9 Å².